The summed E-state index contributed by atoms with van der Waals surface area (Å²) in [7, 11) is 0. The Morgan fingerprint density at radius 3 is 2.86 bits per heavy atom. The third kappa shape index (κ3) is 2.93. The Bertz CT molecular complexity index is 1040. The molecule has 1 fully saturated rings. The maximum atomic E-state index is 14.0. The molecule has 2 amide bonds. The Labute approximate surface area is 164 Å². The number of halogens is 2. The number of nitrogens with one attached hydrogen (secondary N) is 1. The highest BCUT2D eigenvalue weighted by atomic mass is 35.5. The van der Waals surface area contributed by atoms with Gasteiger partial charge < -0.3 is 19.9 Å². The van der Waals surface area contributed by atoms with Crippen molar-refractivity contribution in [3.05, 3.63) is 62.8 Å². The maximum Gasteiger partial charge on any atom is 0.275 e. The van der Waals surface area contributed by atoms with E-state index in [-0.39, 0.29) is 28.9 Å². The van der Waals surface area contributed by atoms with Crippen molar-refractivity contribution in [2.75, 3.05) is 0 Å². The normalized spacial score (nSPS) is 20.6. The number of pyridine rings is 1. The van der Waals surface area contributed by atoms with E-state index in [0.29, 0.717) is 19.4 Å². The highest BCUT2D eigenvalue weighted by Crippen LogP contribution is 2.33. The molecule has 0 aliphatic carbocycles. The van der Waals surface area contributed by atoms with E-state index in [4.69, 9.17) is 11.6 Å². The lowest BCUT2D eigenvalue weighted by Gasteiger charge is -2.35. The second kappa shape index (κ2) is 6.94. The SMILES string of the molecule is O=C(NCc1cccc(Cl)c1F)[C@H]1CCC2Cn3ccc(=O)c(O)c3C(=O)N21. The molecule has 0 spiro atoms. The number of aromatic hydroxyl groups is 1. The van der Waals surface area contributed by atoms with Crippen LogP contribution in [0.3, 0.4) is 0 Å². The zero-order chi connectivity index (χ0) is 20.0. The summed E-state index contributed by atoms with van der Waals surface area (Å²) in [6.07, 6.45) is 2.53. The molecule has 7 nitrogen and oxygen atoms in total. The molecule has 9 heteroatoms. The smallest absolute Gasteiger partial charge is 0.275 e. The van der Waals surface area contributed by atoms with E-state index in [1.807, 2.05) is 0 Å². The quantitative estimate of drug-likeness (QED) is 0.812. The lowest BCUT2D eigenvalue weighted by molar-refractivity contribution is -0.125. The molecule has 2 aliphatic heterocycles. The number of hydrogen-bond acceptors (Lipinski definition) is 4. The third-order valence-corrected chi connectivity index (χ3v) is 5.58. The van der Waals surface area contributed by atoms with E-state index in [2.05, 4.69) is 5.32 Å². The standard InChI is InChI=1S/C19H17ClFN3O4/c20-12-3-1-2-10(15(12)21)8-22-18(27)13-5-4-11-9-23-7-6-14(25)17(26)16(23)19(28)24(11)13/h1-3,6-7,11,13,26H,4-5,8-9H2,(H,22,27)/t11?,13-/m1/s1. The predicted molar refractivity (Wildman–Crippen MR) is 98.6 cm³/mol. The summed E-state index contributed by atoms with van der Waals surface area (Å²) in [5, 5.41) is 12.7. The largest absolute Gasteiger partial charge is 0.503 e. The van der Waals surface area contributed by atoms with Gasteiger partial charge in [0, 0.05) is 30.9 Å². The fraction of sp³-hybridized carbons (Fsp3) is 0.316. The molecule has 1 saturated heterocycles. The first-order valence-electron chi connectivity index (χ1n) is 8.84. The molecule has 2 aliphatic rings. The second-order valence-corrected chi connectivity index (χ2v) is 7.33. The van der Waals surface area contributed by atoms with Gasteiger partial charge in [-0.2, -0.15) is 0 Å². The summed E-state index contributed by atoms with van der Waals surface area (Å²) < 4.78 is 15.5. The molecule has 0 saturated carbocycles. The molecular formula is C19H17ClFN3O4. The van der Waals surface area contributed by atoms with Gasteiger partial charge in [0.15, 0.2) is 11.4 Å². The van der Waals surface area contributed by atoms with Gasteiger partial charge >= 0.3 is 0 Å². The highest BCUT2D eigenvalue weighted by Gasteiger charge is 2.45. The number of carbonyl (C=O) groups is 2. The van der Waals surface area contributed by atoms with Crippen molar-refractivity contribution >= 4 is 23.4 Å². The molecule has 1 unspecified atom stereocenters. The van der Waals surface area contributed by atoms with Crippen LogP contribution in [0.1, 0.15) is 28.9 Å². The number of carbonyl (C=O) groups excluding carboxylic acids is 2. The summed E-state index contributed by atoms with van der Waals surface area (Å²) in [5.74, 6) is -2.18. The number of hydrogen-bond donors (Lipinski definition) is 2. The van der Waals surface area contributed by atoms with Crippen LogP contribution in [-0.2, 0) is 17.9 Å². The number of benzene rings is 1. The molecule has 28 heavy (non-hydrogen) atoms. The Balaban J connectivity index is 1.54. The molecule has 0 radical (unpaired) electrons. The van der Waals surface area contributed by atoms with Crippen molar-refractivity contribution < 1.29 is 19.1 Å². The number of fused-ring (bicyclic) bond motifs is 2. The lowest BCUT2D eigenvalue weighted by Crippen LogP contribution is -2.53. The van der Waals surface area contributed by atoms with Gasteiger partial charge in [0.05, 0.1) is 11.1 Å². The van der Waals surface area contributed by atoms with E-state index in [0.717, 1.165) is 0 Å². The molecule has 1 aromatic heterocycles. The zero-order valence-corrected chi connectivity index (χ0v) is 15.4. The van der Waals surface area contributed by atoms with Crippen LogP contribution in [0.2, 0.25) is 5.02 Å². The van der Waals surface area contributed by atoms with Gasteiger partial charge in [0.1, 0.15) is 11.9 Å². The van der Waals surface area contributed by atoms with Crippen LogP contribution in [0.4, 0.5) is 4.39 Å². The zero-order valence-electron chi connectivity index (χ0n) is 14.7. The van der Waals surface area contributed by atoms with E-state index in [9.17, 15) is 23.9 Å². The minimum Gasteiger partial charge on any atom is -0.503 e. The van der Waals surface area contributed by atoms with Crippen molar-refractivity contribution in [2.24, 2.45) is 0 Å². The molecule has 2 aromatic rings. The van der Waals surface area contributed by atoms with Gasteiger partial charge in [0.2, 0.25) is 11.3 Å². The summed E-state index contributed by atoms with van der Waals surface area (Å²) in [4.78, 5) is 38.7. The molecule has 1 aromatic carbocycles. The van der Waals surface area contributed by atoms with Crippen LogP contribution in [0.25, 0.3) is 0 Å². The first-order chi connectivity index (χ1) is 13.4. The van der Waals surface area contributed by atoms with Gasteiger partial charge in [0.25, 0.3) is 5.91 Å². The van der Waals surface area contributed by atoms with Crippen LogP contribution < -0.4 is 10.7 Å². The summed E-state index contributed by atoms with van der Waals surface area (Å²) >= 11 is 5.75. The first-order valence-corrected chi connectivity index (χ1v) is 9.22. The summed E-state index contributed by atoms with van der Waals surface area (Å²) in [6.45, 7) is 0.331. The first kappa shape index (κ1) is 18.5. The molecule has 2 atom stereocenters. The Morgan fingerprint density at radius 1 is 1.29 bits per heavy atom. The monoisotopic (exact) mass is 405 g/mol. The van der Waals surface area contributed by atoms with E-state index in [1.54, 1.807) is 10.6 Å². The molecular weight excluding hydrogens is 389 g/mol. The molecule has 0 bridgehead atoms. The molecule has 146 valence electrons. The highest BCUT2D eigenvalue weighted by molar-refractivity contribution is 6.30. The average Bonchev–Trinajstić information content (AvgIpc) is 3.10. The van der Waals surface area contributed by atoms with E-state index >= 15 is 0 Å². The van der Waals surface area contributed by atoms with Crippen LogP contribution in [0, 0.1) is 5.82 Å². The van der Waals surface area contributed by atoms with Crippen molar-refractivity contribution in [2.45, 2.75) is 38.0 Å². The molecule has 2 N–H and O–H groups in total. The minimum atomic E-state index is -0.747. The van der Waals surface area contributed by atoms with Crippen molar-refractivity contribution in [3.63, 3.8) is 0 Å². The topological polar surface area (TPSA) is 91.6 Å². The maximum absolute atomic E-state index is 14.0. The summed E-state index contributed by atoms with van der Waals surface area (Å²) in [6, 6.07) is 4.78. The molecule has 3 heterocycles. The summed E-state index contributed by atoms with van der Waals surface area (Å²) in [5.41, 5.74) is -0.506. The van der Waals surface area contributed by atoms with Gasteiger partial charge in [-0.3, -0.25) is 14.4 Å². The van der Waals surface area contributed by atoms with Gasteiger partial charge in [-0.05, 0) is 18.9 Å². The Kier molecular flexibility index (Phi) is 4.58. The Hall–Kier alpha value is -2.87. The third-order valence-electron chi connectivity index (χ3n) is 5.29. The number of nitrogens with zero attached hydrogens (tertiary/aromatic N) is 2. The van der Waals surface area contributed by atoms with E-state index in [1.165, 1.54) is 29.3 Å². The van der Waals surface area contributed by atoms with Gasteiger partial charge in [-0.25, -0.2) is 4.39 Å². The number of aromatic nitrogens is 1. The van der Waals surface area contributed by atoms with Crippen LogP contribution in [-0.4, -0.2) is 38.5 Å². The Morgan fingerprint density at radius 2 is 2.07 bits per heavy atom. The number of amides is 2. The fourth-order valence-electron chi connectivity index (χ4n) is 3.90. The average molecular weight is 406 g/mol. The van der Waals surface area contributed by atoms with Gasteiger partial charge in [-0.15, -0.1) is 0 Å². The van der Waals surface area contributed by atoms with Crippen LogP contribution in [0.5, 0.6) is 5.75 Å². The number of rotatable bonds is 3. The van der Waals surface area contributed by atoms with E-state index < -0.39 is 34.9 Å². The van der Waals surface area contributed by atoms with Crippen LogP contribution >= 0.6 is 11.6 Å². The van der Waals surface area contributed by atoms with Crippen molar-refractivity contribution in [3.8, 4) is 5.75 Å². The van der Waals surface area contributed by atoms with Crippen molar-refractivity contribution in [1.29, 1.82) is 0 Å². The van der Waals surface area contributed by atoms with Crippen LogP contribution in [0.15, 0.2) is 35.3 Å². The lowest BCUT2D eigenvalue weighted by atomic mass is 10.1. The van der Waals surface area contributed by atoms with Crippen molar-refractivity contribution in [1.82, 2.24) is 14.8 Å². The minimum absolute atomic E-state index is 0.0311. The second-order valence-electron chi connectivity index (χ2n) is 6.92. The molecule has 4 rings (SSSR count). The van der Waals surface area contributed by atoms with Gasteiger partial charge in [-0.1, -0.05) is 23.7 Å². The fourth-order valence-corrected chi connectivity index (χ4v) is 4.10. The predicted octanol–water partition coefficient (Wildman–Crippen LogP) is 1.65.